The van der Waals surface area contributed by atoms with Crippen molar-refractivity contribution in [2.24, 2.45) is 11.1 Å². The van der Waals surface area contributed by atoms with Crippen LogP contribution in [0.4, 0.5) is 14.5 Å². The fourth-order valence-electron chi connectivity index (χ4n) is 2.82. The second-order valence-electron chi connectivity index (χ2n) is 5.51. The quantitative estimate of drug-likeness (QED) is 0.836. The molecule has 0 aromatic heterocycles. The fourth-order valence-corrected chi connectivity index (χ4v) is 2.82. The molecule has 0 atom stereocenters. The van der Waals surface area contributed by atoms with Crippen LogP contribution < -0.4 is 11.1 Å². The Morgan fingerprint density at radius 1 is 1.10 bits per heavy atom. The van der Waals surface area contributed by atoms with Gasteiger partial charge in [-0.25, -0.2) is 8.78 Å². The first-order chi connectivity index (χ1) is 9.55. The van der Waals surface area contributed by atoms with Gasteiger partial charge in [-0.1, -0.05) is 25.7 Å². The minimum absolute atomic E-state index is 0.143. The summed E-state index contributed by atoms with van der Waals surface area (Å²) < 4.78 is 26.3. The summed E-state index contributed by atoms with van der Waals surface area (Å²) in [5, 5.41) is 2.61. The third kappa shape index (κ3) is 3.33. The van der Waals surface area contributed by atoms with Crippen LogP contribution >= 0.6 is 0 Å². The second-order valence-corrected chi connectivity index (χ2v) is 5.51. The normalized spacial score (nSPS) is 18.4. The molecule has 1 fully saturated rings. The minimum Gasteiger partial charge on any atom is -0.329 e. The number of benzene rings is 1. The van der Waals surface area contributed by atoms with Gasteiger partial charge in [-0.15, -0.1) is 0 Å². The molecule has 1 aliphatic rings. The zero-order valence-corrected chi connectivity index (χ0v) is 11.4. The van der Waals surface area contributed by atoms with E-state index in [1.54, 1.807) is 0 Å². The molecule has 2 rings (SSSR count). The number of halogens is 2. The van der Waals surface area contributed by atoms with Crippen LogP contribution in [0.5, 0.6) is 0 Å². The van der Waals surface area contributed by atoms with E-state index in [0.29, 0.717) is 0 Å². The van der Waals surface area contributed by atoms with Crippen LogP contribution in [-0.4, -0.2) is 12.5 Å². The van der Waals surface area contributed by atoms with Gasteiger partial charge in [-0.05, 0) is 25.0 Å². The number of carbonyl (C=O) groups is 1. The van der Waals surface area contributed by atoms with Gasteiger partial charge < -0.3 is 11.1 Å². The number of anilines is 1. The number of hydrogen-bond acceptors (Lipinski definition) is 2. The molecule has 1 aromatic rings. The first kappa shape index (κ1) is 14.9. The number of amides is 1. The zero-order valence-electron chi connectivity index (χ0n) is 11.4. The van der Waals surface area contributed by atoms with Crippen molar-refractivity contribution in [3.63, 3.8) is 0 Å². The highest BCUT2D eigenvalue weighted by atomic mass is 19.1. The van der Waals surface area contributed by atoms with Crippen molar-refractivity contribution in [1.29, 1.82) is 0 Å². The Balaban J connectivity index is 2.16. The van der Waals surface area contributed by atoms with Crippen LogP contribution in [0.25, 0.3) is 0 Å². The lowest BCUT2D eigenvalue weighted by Crippen LogP contribution is -2.42. The van der Waals surface area contributed by atoms with E-state index >= 15 is 0 Å². The van der Waals surface area contributed by atoms with Gasteiger partial charge in [0, 0.05) is 18.3 Å². The molecule has 0 radical (unpaired) electrons. The number of hydrogen-bond donors (Lipinski definition) is 2. The van der Waals surface area contributed by atoms with Crippen LogP contribution in [0.15, 0.2) is 18.2 Å². The van der Waals surface area contributed by atoms with Gasteiger partial charge in [-0.3, -0.25) is 4.79 Å². The topological polar surface area (TPSA) is 55.1 Å². The number of nitrogens with one attached hydrogen (secondary N) is 1. The van der Waals surface area contributed by atoms with E-state index in [-0.39, 0.29) is 18.1 Å². The maximum Gasteiger partial charge on any atom is 0.231 e. The van der Waals surface area contributed by atoms with Gasteiger partial charge in [-0.2, -0.15) is 0 Å². The zero-order chi connectivity index (χ0) is 14.6. The first-order valence-electron chi connectivity index (χ1n) is 7.03. The van der Waals surface area contributed by atoms with E-state index in [4.69, 9.17) is 5.73 Å². The molecular formula is C15H20F2N2O. The molecule has 1 saturated carbocycles. The molecule has 0 aliphatic heterocycles. The fraction of sp³-hybridized carbons (Fsp3) is 0.533. The van der Waals surface area contributed by atoms with Crippen LogP contribution in [0.3, 0.4) is 0 Å². The van der Waals surface area contributed by atoms with E-state index in [1.807, 2.05) is 0 Å². The lowest BCUT2D eigenvalue weighted by Gasteiger charge is -2.29. The van der Waals surface area contributed by atoms with Crippen LogP contribution in [0.1, 0.15) is 38.5 Å². The van der Waals surface area contributed by atoms with Crippen molar-refractivity contribution < 1.29 is 13.6 Å². The average Bonchev–Trinajstić information content (AvgIpc) is 2.63. The molecule has 3 nitrogen and oxygen atoms in total. The molecule has 1 amide bonds. The van der Waals surface area contributed by atoms with Gasteiger partial charge in [0.2, 0.25) is 5.91 Å². The van der Waals surface area contributed by atoms with Gasteiger partial charge in [0.05, 0.1) is 5.41 Å². The van der Waals surface area contributed by atoms with Crippen molar-refractivity contribution in [2.45, 2.75) is 38.5 Å². The SMILES string of the molecule is NCC1(C(=O)Nc2cc(F)cc(F)c2)CCCCCC1. The van der Waals surface area contributed by atoms with Gasteiger partial charge in [0.15, 0.2) is 0 Å². The summed E-state index contributed by atoms with van der Waals surface area (Å²) in [6.07, 6.45) is 5.58. The van der Waals surface area contributed by atoms with E-state index < -0.39 is 17.0 Å². The molecule has 1 aromatic carbocycles. The van der Waals surface area contributed by atoms with Crippen molar-refractivity contribution in [2.75, 3.05) is 11.9 Å². The number of carbonyl (C=O) groups excluding carboxylic acids is 1. The average molecular weight is 282 g/mol. The third-order valence-corrected chi connectivity index (χ3v) is 4.05. The molecule has 110 valence electrons. The molecule has 1 aliphatic carbocycles. The Hall–Kier alpha value is -1.49. The molecule has 3 N–H and O–H groups in total. The Morgan fingerprint density at radius 3 is 2.15 bits per heavy atom. The summed E-state index contributed by atoms with van der Waals surface area (Å²) in [5.41, 5.74) is 5.34. The Bertz CT molecular complexity index is 463. The highest BCUT2D eigenvalue weighted by Crippen LogP contribution is 2.35. The van der Waals surface area contributed by atoms with Gasteiger partial charge >= 0.3 is 0 Å². The largest absolute Gasteiger partial charge is 0.329 e. The molecule has 0 spiro atoms. The predicted octanol–water partition coefficient (Wildman–Crippen LogP) is 3.20. The minimum atomic E-state index is -0.706. The van der Waals surface area contributed by atoms with E-state index in [9.17, 15) is 13.6 Å². The highest BCUT2D eigenvalue weighted by molar-refractivity contribution is 5.95. The standard InChI is InChI=1S/C15H20F2N2O/c16-11-7-12(17)9-13(8-11)19-14(20)15(10-18)5-3-1-2-4-6-15/h7-9H,1-6,10,18H2,(H,19,20). The summed E-state index contributed by atoms with van der Waals surface area (Å²) in [6.45, 7) is 0.261. The molecular weight excluding hydrogens is 262 g/mol. The molecule has 0 saturated heterocycles. The molecule has 0 bridgehead atoms. The van der Waals surface area contributed by atoms with E-state index in [0.717, 1.165) is 56.7 Å². The Labute approximate surface area is 117 Å². The summed E-state index contributed by atoms with van der Waals surface area (Å²) in [6, 6.07) is 3.00. The van der Waals surface area contributed by atoms with Crippen molar-refractivity contribution in [3.05, 3.63) is 29.8 Å². The van der Waals surface area contributed by atoms with Crippen LogP contribution in [-0.2, 0) is 4.79 Å². The highest BCUT2D eigenvalue weighted by Gasteiger charge is 2.37. The molecule has 0 unspecified atom stereocenters. The Morgan fingerprint density at radius 2 is 1.65 bits per heavy atom. The van der Waals surface area contributed by atoms with Crippen LogP contribution in [0.2, 0.25) is 0 Å². The van der Waals surface area contributed by atoms with Crippen LogP contribution in [0, 0.1) is 17.0 Å². The maximum atomic E-state index is 13.1. The summed E-state index contributed by atoms with van der Waals surface area (Å²) in [4.78, 5) is 12.5. The molecule has 20 heavy (non-hydrogen) atoms. The molecule has 5 heteroatoms. The third-order valence-electron chi connectivity index (χ3n) is 4.05. The number of nitrogens with two attached hydrogens (primary N) is 1. The van der Waals surface area contributed by atoms with Gasteiger partial charge in [0.25, 0.3) is 0 Å². The Kier molecular flexibility index (Phi) is 4.70. The van der Waals surface area contributed by atoms with Crippen molar-refractivity contribution >= 4 is 11.6 Å². The first-order valence-corrected chi connectivity index (χ1v) is 7.03. The number of rotatable bonds is 3. The second kappa shape index (κ2) is 6.31. The summed E-state index contributed by atoms with van der Waals surface area (Å²) in [7, 11) is 0. The van der Waals surface area contributed by atoms with E-state index in [1.165, 1.54) is 0 Å². The van der Waals surface area contributed by atoms with Crippen molar-refractivity contribution in [3.8, 4) is 0 Å². The smallest absolute Gasteiger partial charge is 0.231 e. The monoisotopic (exact) mass is 282 g/mol. The lowest BCUT2D eigenvalue weighted by molar-refractivity contribution is -0.125. The molecule has 0 heterocycles. The van der Waals surface area contributed by atoms with Crippen molar-refractivity contribution in [1.82, 2.24) is 0 Å². The maximum absolute atomic E-state index is 13.1. The predicted molar refractivity (Wildman–Crippen MR) is 74.2 cm³/mol. The summed E-state index contributed by atoms with van der Waals surface area (Å²) in [5.74, 6) is -1.64. The van der Waals surface area contributed by atoms with Gasteiger partial charge in [0.1, 0.15) is 11.6 Å². The van der Waals surface area contributed by atoms with E-state index in [2.05, 4.69) is 5.32 Å². The summed E-state index contributed by atoms with van der Waals surface area (Å²) >= 11 is 0. The lowest BCUT2D eigenvalue weighted by atomic mass is 9.79.